The lowest BCUT2D eigenvalue weighted by molar-refractivity contribution is 0.0712. The lowest BCUT2D eigenvalue weighted by Crippen LogP contribution is -2.49. The van der Waals surface area contributed by atoms with Crippen LogP contribution in [0.15, 0.2) is 30.7 Å². The Labute approximate surface area is 188 Å². The Morgan fingerprint density at radius 2 is 1.62 bits per heavy atom. The van der Waals surface area contributed by atoms with Gasteiger partial charge >= 0.3 is 0 Å². The molecule has 10 nitrogen and oxygen atoms in total. The third-order valence-electron chi connectivity index (χ3n) is 6.49. The minimum atomic E-state index is -0.0715. The van der Waals surface area contributed by atoms with Crippen molar-refractivity contribution in [3.8, 4) is 0 Å². The van der Waals surface area contributed by atoms with E-state index in [0.29, 0.717) is 24.9 Å². The summed E-state index contributed by atoms with van der Waals surface area (Å²) in [5, 5.41) is 8.98. The number of hydrogen-bond donors (Lipinski definition) is 0. The Balaban J connectivity index is 1.10. The molecule has 170 valence electrons. The van der Waals surface area contributed by atoms with E-state index in [2.05, 4.69) is 40.9 Å². The van der Waals surface area contributed by atoms with Crippen molar-refractivity contribution in [2.24, 2.45) is 0 Å². The van der Waals surface area contributed by atoms with Crippen molar-refractivity contribution in [1.29, 1.82) is 0 Å². The number of nitrogens with zero attached hydrogens (tertiary/aromatic N) is 8. The van der Waals surface area contributed by atoms with Crippen LogP contribution in [0.4, 0.5) is 11.6 Å². The molecule has 0 radical (unpaired) electrons. The normalized spacial score (nSPS) is 22.4. The monoisotopic (exact) mass is 438 g/mol. The zero-order valence-electron chi connectivity index (χ0n) is 18.3. The number of carbonyl (C=O) groups is 1. The zero-order chi connectivity index (χ0) is 21.8. The SMILES string of the molecule is O=C(c1cnccn1)N1CCN(c2ccc(N3CCN(CC4CCCO4)CC3)nn2)CC1. The Morgan fingerprint density at radius 1 is 0.938 bits per heavy atom. The third-order valence-corrected chi connectivity index (χ3v) is 6.49. The van der Waals surface area contributed by atoms with Crippen molar-refractivity contribution in [3.63, 3.8) is 0 Å². The summed E-state index contributed by atoms with van der Waals surface area (Å²) in [5.41, 5.74) is 0.390. The number of carbonyl (C=O) groups excluding carboxylic acids is 1. The lowest BCUT2D eigenvalue weighted by Gasteiger charge is -2.36. The van der Waals surface area contributed by atoms with Crippen molar-refractivity contribution in [3.05, 3.63) is 36.4 Å². The van der Waals surface area contributed by atoms with Gasteiger partial charge in [0.25, 0.3) is 5.91 Å². The fourth-order valence-corrected chi connectivity index (χ4v) is 4.60. The summed E-state index contributed by atoms with van der Waals surface area (Å²) >= 11 is 0. The van der Waals surface area contributed by atoms with E-state index in [0.717, 1.165) is 64.1 Å². The van der Waals surface area contributed by atoms with Crippen LogP contribution in [0.1, 0.15) is 23.3 Å². The van der Waals surface area contributed by atoms with E-state index >= 15 is 0 Å². The minimum Gasteiger partial charge on any atom is -0.377 e. The quantitative estimate of drug-likeness (QED) is 0.663. The molecule has 2 aromatic heterocycles. The van der Waals surface area contributed by atoms with Crippen LogP contribution in [-0.4, -0.2) is 107 Å². The number of amides is 1. The highest BCUT2D eigenvalue weighted by Crippen LogP contribution is 2.19. The van der Waals surface area contributed by atoms with Crippen molar-refractivity contribution in [2.45, 2.75) is 18.9 Å². The van der Waals surface area contributed by atoms with Crippen molar-refractivity contribution < 1.29 is 9.53 Å². The average Bonchev–Trinajstić information content (AvgIpc) is 3.38. The van der Waals surface area contributed by atoms with Gasteiger partial charge in [-0.1, -0.05) is 0 Å². The Kier molecular flexibility index (Phi) is 6.40. The van der Waals surface area contributed by atoms with Crippen LogP contribution in [0.2, 0.25) is 0 Å². The molecular weight excluding hydrogens is 408 g/mol. The van der Waals surface area contributed by atoms with Gasteiger partial charge in [0.2, 0.25) is 0 Å². The molecule has 32 heavy (non-hydrogen) atoms. The number of piperazine rings is 2. The Hall–Kier alpha value is -2.85. The summed E-state index contributed by atoms with van der Waals surface area (Å²) in [4.78, 5) is 29.4. The van der Waals surface area contributed by atoms with Crippen molar-refractivity contribution in [1.82, 2.24) is 30.0 Å². The molecule has 3 aliphatic rings. The van der Waals surface area contributed by atoms with Crippen LogP contribution in [0, 0.1) is 0 Å². The van der Waals surface area contributed by atoms with Crippen LogP contribution in [0.5, 0.6) is 0 Å². The second-order valence-corrected chi connectivity index (χ2v) is 8.54. The maximum atomic E-state index is 12.5. The van der Waals surface area contributed by atoms with Crippen molar-refractivity contribution in [2.75, 3.05) is 75.3 Å². The molecule has 0 saturated carbocycles. The van der Waals surface area contributed by atoms with Gasteiger partial charge in [0.1, 0.15) is 5.69 Å². The van der Waals surface area contributed by atoms with Gasteiger partial charge < -0.3 is 19.4 Å². The summed E-state index contributed by atoms with van der Waals surface area (Å²) in [6, 6.07) is 4.11. The number of rotatable bonds is 5. The molecule has 1 unspecified atom stereocenters. The lowest BCUT2D eigenvalue weighted by atomic mass is 10.2. The van der Waals surface area contributed by atoms with Crippen molar-refractivity contribution >= 4 is 17.5 Å². The molecule has 0 bridgehead atoms. The van der Waals surface area contributed by atoms with E-state index in [1.54, 1.807) is 12.4 Å². The molecule has 0 N–H and O–H groups in total. The first kappa shape index (κ1) is 21.0. The Morgan fingerprint density at radius 3 is 2.19 bits per heavy atom. The van der Waals surface area contributed by atoms with Gasteiger partial charge in [-0.15, -0.1) is 10.2 Å². The number of ether oxygens (including phenoxy) is 1. The molecule has 10 heteroatoms. The molecule has 0 spiro atoms. The summed E-state index contributed by atoms with van der Waals surface area (Å²) in [6.07, 6.45) is 7.43. The molecule has 0 aliphatic carbocycles. The van der Waals surface area contributed by atoms with Gasteiger partial charge in [0, 0.05) is 77.9 Å². The molecule has 3 aliphatic heterocycles. The maximum Gasteiger partial charge on any atom is 0.274 e. The van der Waals surface area contributed by atoms with E-state index < -0.39 is 0 Å². The van der Waals surface area contributed by atoms with Gasteiger partial charge in [0.15, 0.2) is 11.6 Å². The topological polar surface area (TPSA) is 90.8 Å². The van der Waals surface area contributed by atoms with E-state index in [1.165, 1.54) is 19.0 Å². The third kappa shape index (κ3) is 4.81. The highest BCUT2D eigenvalue weighted by atomic mass is 16.5. The van der Waals surface area contributed by atoms with Crippen LogP contribution in [0.25, 0.3) is 0 Å². The van der Waals surface area contributed by atoms with E-state index in [4.69, 9.17) is 4.74 Å². The maximum absolute atomic E-state index is 12.5. The molecule has 1 amide bonds. The molecule has 5 rings (SSSR count). The fraction of sp³-hybridized carbons (Fsp3) is 0.591. The second kappa shape index (κ2) is 9.74. The number of anilines is 2. The van der Waals surface area contributed by atoms with E-state index in [1.807, 2.05) is 11.0 Å². The van der Waals surface area contributed by atoms with Gasteiger partial charge in [-0.3, -0.25) is 14.7 Å². The second-order valence-electron chi connectivity index (χ2n) is 8.54. The first-order valence-corrected chi connectivity index (χ1v) is 11.5. The van der Waals surface area contributed by atoms with E-state index in [-0.39, 0.29) is 5.91 Å². The van der Waals surface area contributed by atoms with Gasteiger partial charge in [-0.2, -0.15) is 0 Å². The molecule has 5 heterocycles. The summed E-state index contributed by atoms with van der Waals surface area (Å²) < 4.78 is 5.77. The first-order valence-electron chi connectivity index (χ1n) is 11.5. The summed E-state index contributed by atoms with van der Waals surface area (Å²) in [7, 11) is 0. The van der Waals surface area contributed by atoms with Crippen LogP contribution >= 0.6 is 0 Å². The van der Waals surface area contributed by atoms with Gasteiger partial charge in [0.05, 0.1) is 12.3 Å². The smallest absolute Gasteiger partial charge is 0.274 e. The largest absolute Gasteiger partial charge is 0.377 e. The average molecular weight is 439 g/mol. The summed E-state index contributed by atoms with van der Waals surface area (Å²) in [6.45, 7) is 8.66. The molecule has 2 aromatic rings. The fourth-order valence-electron chi connectivity index (χ4n) is 4.60. The molecule has 0 aromatic carbocycles. The van der Waals surface area contributed by atoms with E-state index in [9.17, 15) is 4.79 Å². The van der Waals surface area contributed by atoms with Crippen LogP contribution in [-0.2, 0) is 4.74 Å². The predicted octanol–water partition coefficient (Wildman–Crippen LogP) is 0.530. The predicted molar refractivity (Wildman–Crippen MR) is 120 cm³/mol. The molecule has 3 saturated heterocycles. The number of hydrogen-bond acceptors (Lipinski definition) is 9. The van der Waals surface area contributed by atoms with Gasteiger partial charge in [-0.25, -0.2) is 4.98 Å². The minimum absolute atomic E-state index is 0.0715. The van der Waals surface area contributed by atoms with Crippen LogP contribution < -0.4 is 9.80 Å². The highest BCUT2D eigenvalue weighted by molar-refractivity contribution is 5.92. The summed E-state index contributed by atoms with van der Waals surface area (Å²) in [5.74, 6) is 1.72. The molecular formula is C22H30N8O2. The van der Waals surface area contributed by atoms with Crippen LogP contribution in [0.3, 0.4) is 0 Å². The van der Waals surface area contributed by atoms with Gasteiger partial charge in [-0.05, 0) is 25.0 Å². The zero-order valence-corrected chi connectivity index (χ0v) is 18.3. The standard InChI is InChI=1S/C22H30N8O2/c31-22(19-16-23-5-6-24-19)30-13-11-29(12-14-30)21-4-3-20(25-26-21)28-9-7-27(8-10-28)17-18-2-1-15-32-18/h3-6,16,18H,1-2,7-15,17H2. The number of aromatic nitrogens is 4. The molecule has 3 fully saturated rings. The molecule has 1 atom stereocenters. The Bertz CT molecular complexity index is 875. The highest BCUT2D eigenvalue weighted by Gasteiger charge is 2.25. The first-order chi connectivity index (χ1) is 15.8.